The number of hydrogen-bond donors (Lipinski definition) is 2. The molecule has 0 spiro atoms. The van der Waals surface area contributed by atoms with E-state index in [0.29, 0.717) is 13.1 Å². The molecule has 0 aliphatic heterocycles. The molecule has 7 nitrogen and oxygen atoms in total. The van der Waals surface area contributed by atoms with Crippen LogP contribution in [0.15, 0.2) is 90.4 Å². The molecular formula is C24H27N7. The summed E-state index contributed by atoms with van der Waals surface area (Å²) in [5.74, 6) is 0.766. The van der Waals surface area contributed by atoms with Crippen LogP contribution in [0.1, 0.15) is 22.3 Å². The van der Waals surface area contributed by atoms with Crippen LogP contribution in [0.3, 0.4) is 0 Å². The Labute approximate surface area is 182 Å². The number of aliphatic imine (C=N–C) groups is 1. The van der Waals surface area contributed by atoms with E-state index >= 15 is 0 Å². The first-order valence-corrected chi connectivity index (χ1v) is 10.3. The van der Waals surface area contributed by atoms with E-state index in [2.05, 4.69) is 74.4 Å². The molecule has 0 atom stereocenters. The molecule has 4 aromatic rings. The van der Waals surface area contributed by atoms with Crippen LogP contribution in [0, 0.1) is 0 Å². The van der Waals surface area contributed by atoms with Gasteiger partial charge in [-0.15, -0.1) is 0 Å². The van der Waals surface area contributed by atoms with Gasteiger partial charge < -0.3 is 10.6 Å². The number of nitrogens with one attached hydrogen (secondary N) is 2. The minimum absolute atomic E-state index is 0.687. The summed E-state index contributed by atoms with van der Waals surface area (Å²) in [4.78, 5) is 4.39. The van der Waals surface area contributed by atoms with Crippen LogP contribution >= 0.6 is 0 Å². The van der Waals surface area contributed by atoms with E-state index in [1.807, 2.05) is 33.9 Å². The second-order valence-corrected chi connectivity index (χ2v) is 7.22. The Balaban J connectivity index is 1.36. The number of guanidine groups is 1. The molecule has 0 saturated carbocycles. The average Bonchev–Trinajstić information content (AvgIpc) is 3.50. The normalized spacial score (nSPS) is 10.6. The molecule has 0 unspecified atom stereocenters. The summed E-state index contributed by atoms with van der Waals surface area (Å²) in [6, 6.07) is 20.7. The zero-order chi connectivity index (χ0) is 21.3. The van der Waals surface area contributed by atoms with Gasteiger partial charge >= 0.3 is 0 Å². The van der Waals surface area contributed by atoms with Gasteiger partial charge in [-0.1, -0.05) is 48.5 Å². The first kappa shape index (κ1) is 20.4. The molecule has 31 heavy (non-hydrogen) atoms. The van der Waals surface area contributed by atoms with E-state index in [1.54, 1.807) is 19.4 Å². The molecule has 4 rings (SSSR count). The molecule has 0 aliphatic rings. The van der Waals surface area contributed by atoms with Crippen LogP contribution in [-0.4, -0.2) is 32.6 Å². The van der Waals surface area contributed by atoms with E-state index in [1.165, 1.54) is 22.3 Å². The van der Waals surface area contributed by atoms with E-state index in [0.717, 1.165) is 19.0 Å². The van der Waals surface area contributed by atoms with E-state index in [-0.39, 0.29) is 0 Å². The van der Waals surface area contributed by atoms with Crippen molar-refractivity contribution in [3.8, 4) is 0 Å². The predicted octanol–water partition coefficient (Wildman–Crippen LogP) is 3.04. The second kappa shape index (κ2) is 10.2. The number of rotatable bonds is 8. The maximum atomic E-state index is 4.39. The van der Waals surface area contributed by atoms with Gasteiger partial charge in [-0.25, -0.2) is 0 Å². The summed E-state index contributed by atoms with van der Waals surface area (Å²) >= 11 is 0. The standard InChI is InChI=1S/C24H27N7/c1-25-24(26-16-20-8-2-4-10-22(20)18-30-14-6-12-28-30)27-17-21-9-3-5-11-23(21)19-31-15-7-13-29-31/h2-15H,16-19H2,1H3,(H2,25,26,27). The fourth-order valence-corrected chi connectivity index (χ4v) is 3.48. The second-order valence-electron chi connectivity index (χ2n) is 7.22. The van der Waals surface area contributed by atoms with Gasteiger partial charge in [-0.2, -0.15) is 10.2 Å². The quantitative estimate of drug-likeness (QED) is 0.344. The van der Waals surface area contributed by atoms with Crippen LogP contribution in [0.25, 0.3) is 0 Å². The molecule has 2 heterocycles. The predicted molar refractivity (Wildman–Crippen MR) is 123 cm³/mol. The van der Waals surface area contributed by atoms with Crippen LogP contribution in [-0.2, 0) is 26.2 Å². The lowest BCUT2D eigenvalue weighted by Gasteiger charge is -2.16. The highest BCUT2D eigenvalue weighted by molar-refractivity contribution is 5.79. The minimum Gasteiger partial charge on any atom is -0.352 e. The van der Waals surface area contributed by atoms with Crippen LogP contribution in [0.5, 0.6) is 0 Å². The van der Waals surface area contributed by atoms with Crippen molar-refractivity contribution in [1.82, 2.24) is 30.2 Å². The summed E-state index contributed by atoms with van der Waals surface area (Å²) in [5.41, 5.74) is 4.91. The maximum absolute atomic E-state index is 4.39. The fraction of sp³-hybridized carbons (Fsp3) is 0.208. The largest absolute Gasteiger partial charge is 0.352 e. The molecule has 0 amide bonds. The van der Waals surface area contributed by atoms with Crippen molar-refractivity contribution in [2.45, 2.75) is 26.2 Å². The van der Waals surface area contributed by atoms with Gasteiger partial charge in [0.1, 0.15) is 0 Å². The van der Waals surface area contributed by atoms with Gasteiger partial charge in [0, 0.05) is 44.9 Å². The average molecular weight is 414 g/mol. The van der Waals surface area contributed by atoms with Crippen molar-refractivity contribution in [3.05, 3.63) is 108 Å². The summed E-state index contributed by atoms with van der Waals surface area (Å²) in [6.45, 7) is 2.87. The van der Waals surface area contributed by atoms with Gasteiger partial charge in [0.25, 0.3) is 0 Å². The minimum atomic E-state index is 0.687. The molecular weight excluding hydrogens is 386 g/mol. The maximum Gasteiger partial charge on any atom is 0.191 e. The molecule has 2 aromatic heterocycles. The summed E-state index contributed by atoms with van der Waals surface area (Å²) in [6.07, 6.45) is 7.56. The van der Waals surface area contributed by atoms with Gasteiger partial charge in [0.15, 0.2) is 5.96 Å². The number of hydrogen-bond acceptors (Lipinski definition) is 3. The number of benzene rings is 2. The zero-order valence-corrected chi connectivity index (χ0v) is 17.6. The molecule has 158 valence electrons. The smallest absolute Gasteiger partial charge is 0.191 e. The number of nitrogens with zero attached hydrogens (tertiary/aromatic N) is 5. The third-order valence-electron chi connectivity index (χ3n) is 5.14. The molecule has 0 radical (unpaired) electrons. The number of aromatic nitrogens is 4. The van der Waals surface area contributed by atoms with E-state index < -0.39 is 0 Å². The van der Waals surface area contributed by atoms with Crippen LogP contribution in [0.2, 0.25) is 0 Å². The summed E-state index contributed by atoms with van der Waals surface area (Å²) in [7, 11) is 1.79. The molecule has 7 heteroatoms. The topological polar surface area (TPSA) is 72.1 Å². The van der Waals surface area contributed by atoms with Crippen molar-refractivity contribution in [2.75, 3.05) is 7.05 Å². The van der Waals surface area contributed by atoms with Gasteiger partial charge in [-0.05, 0) is 34.4 Å². The first-order valence-electron chi connectivity index (χ1n) is 10.3. The molecule has 0 aliphatic carbocycles. The third-order valence-corrected chi connectivity index (χ3v) is 5.14. The summed E-state index contributed by atoms with van der Waals surface area (Å²) in [5, 5.41) is 15.5. The SMILES string of the molecule is CN=C(NCc1ccccc1Cn1cccn1)NCc1ccccc1Cn1cccn1. The van der Waals surface area contributed by atoms with Gasteiger partial charge in [0.05, 0.1) is 13.1 Å². The monoisotopic (exact) mass is 413 g/mol. The van der Waals surface area contributed by atoms with Crippen LogP contribution in [0.4, 0.5) is 0 Å². The molecule has 0 saturated heterocycles. The lowest BCUT2D eigenvalue weighted by Crippen LogP contribution is -2.36. The van der Waals surface area contributed by atoms with Crippen molar-refractivity contribution < 1.29 is 0 Å². The van der Waals surface area contributed by atoms with Gasteiger partial charge in [-0.3, -0.25) is 14.4 Å². The Morgan fingerprint density at radius 1 is 0.710 bits per heavy atom. The molecule has 0 fully saturated rings. The van der Waals surface area contributed by atoms with E-state index in [9.17, 15) is 0 Å². The Bertz CT molecular complexity index is 1010. The highest BCUT2D eigenvalue weighted by atomic mass is 15.3. The molecule has 0 bridgehead atoms. The molecule has 2 N–H and O–H groups in total. The Kier molecular flexibility index (Phi) is 6.74. The lowest BCUT2D eigenvalue weighted by atomic mass is 10.1. The van der Waals surface area contributed by atoms with Crippen molar-refractivity contribution in [1.29, 1.82) is 0 Å². The van der Waals surface area contributed by atoms with Crippen molar-refractivity contribution in [2.24, 2.45) is 4.99 Å². The highest BCUT2D eigenvalue weighted by Gasteiger charge is 2.07. The summed E-state index contributed by atoms with van der Waals surface area (Å²) < 4.78 is 3.87. The van der Waals surface area contributed by atoms with E-state index in [4.69, 9.17) is 0 Å². The highest BCUT2D eigenvalue weighted by Crippen LogP contribution is 2.12. The van der Waals surface area contributed by atoms with Crippen molar-refractivity contribution >= 4 is 5.96 Å². The van der Waals surface area contributed by atoms with Crippen molar-refractivity contribution in [3.63, 3.8) is 0 Å². The Morgan fingerprint density at radius 2 is 1.16 bits per heavy atom. The first-order chi connectivity index (χ1) is 15.3. The molecule has 2 aromatic carbocycles. The zero-order valence-electron chi connectivity index (χ0n) is 17.6. The van der Waals surface area contributed by atoms with Gasteiger partial charge in [0.2, 0.25) is 0 Å². The van der Waals surface area contributed by atoms with Crippen LogP contribution < -0.4 is 10.6 Å². The Hall–Kier alpha value is -3.87. The third kappa shape index (κ3) is 5.60. The Morgan fingerprint density at radius 3 is 1.55 bits per heavy atom. The lowest BCUT2D eigenvalue weighted by molar-refractivity contribution is 0.674. The fourth-order valence-electron chi connectivity index (χ4n) is 3.48.